The number of ether oxygens (including phenoxy) is 1. The molecule has 3 aromatic carbocycles. The highest BCUT2D eigenvalue weighted by Gasteiger charge is 2.22. The normalized spacial score (nSPS) is 15.9. The number of hydrogen-bond acceptors (Lipinski definition) is 2. The van der Waals surface area contributed by atoms with E-state index in [0.717, 1.165) is 46.1 Å². The number of nitrogens with zero attached hydrogens (tertiary/aromatic N) is 2. The Bertz CT molecular complexity index is 1610. The molecule has 0 bridgehead atoms. The van der Waals surface area contributed by atoms with Crippen LogP contribution in [0.4, 0.5) is 0 Å². The summed E-state index contributed by atoms with van der Waals surface area (Å²) >= 11 is 3.55. The number of aromatic nitrogens is 2. The van der Waals surface area contributed by atoms with Crippen LogP contribution in [0.3, 0.4) is 0 Å². The minimum absolute atomic E-state index is 0.0424. The summed E-state index contributed by atoms with van der Waals surface area (Å²) in [6.45, 7) is 9.11. The van der Waals surface area contributed by atoms with Crippen molar-refractivity contribution < 1.29 is 4.74 Å². The van der Waals surface area contributed by atoms with Crippen molar-refractivity contribution in [1.82, 2.24) is 9.55 Å². The zero-order valence-corrected chi connectivity index (χ0v) is 22.9. The van der Waals surface area contributed by atoms with E-state index in [2.05, 4.69) is 90.7 Å². The molecule has 0 saturated carbocycles. The number of fused-ring (bicyclic) bond motifs is 4. The van der Waals surface area contributed by atoms with Crippen molar-refractivity contribution in [3.63, 3.8) is 0 Å². The molecule has 0 saturated heterocycles. The van der Waals surface area contributed by atoms with Gasteiger partial charge in [-0.1, -0.05) is 49.7 Å². The summed E-state index contributed by atoms with van der Waals surface area (Å²) in [5, 5.41) is 2.52. The molecular formula is C32H31BrN2O. The minimum Gasteiger partial charge on any atom is -0.457 e. The van der Waals surface area contributed by atoms with Crippen molar-refractivity contribution in [3.8, 4) is 17.3 Å². The average molecular weight is 540 g/mol. The lowest BCUT2D eigenvalue weighted by molar-refractivity contribution is 0.483. The largest absolute Gasteiger partial charge is 0.457 e. The van der Waals surface area contributed by atoms with Crippen LogP contribution in [0.25, 0.3) is 27.6 Å². The van der Waals surface area contributed by atoms with Crippen LogP contribution in [0.2, 0.25) is 0 Å². The van der Waals surface area contributed by atoms with Crippen molar-refractivity contribution in [3.05, 3.63) is 94.1 Å². The molecule has 0 amide bonds. The van der Waals surface area contributed by atoms with Gasteiger partial charge in [0, 0.05) is 27.5 Å². The highest BCUT2D eigenvalue weighted by molar-refractivity contribution is 9.10. The van der Waals surface area contributed by atoms with E-state index < -0.39 is 0 Å². The third-order valence-electron chi connectivity index (χ3n) is 7.41. The first-order chi connectivity index (χ1) is 17.3. The molecule has 2 aromatic heterocycles. The second-order valence-electron chi connectivity index (χ2n) is 11.2. The van der Waals surface area contributed by atoms with E-state index in [9.17, 15) is 0 Å². The number of rotatable bonds is 3. The van der Waals surface area contributed by atoms with E-state index in [1.54, 1.807) is 0 Å². The molecule has 0 spiro atoms. The number of hydrogen-bond donors (Lipinski definition) is 0. The fourth-order valence-electron chi connectivity index (χ4n) is 5.42. The van der Waals surface area contributed by atoms with Crippen molar-refractivity contribution in [2.24, 2.45) is 5.92 Å². The lowest BCUT2D eigenvalue weighted by Crippen LogP contribution is -2.12. The number of benzene rings is 3. The summed E-state index contributed by atoms with van der Waals surface area (Å²) in [5.41, 5.74) is 6.62. The van der Waals surface area contributed by atoms with E-state index in [1.165, 1.54) is 39.4 Å². The second kappa shape index (κ2) is 8.77. The van der Waals surface area contributed by atoms with Crippen LogP contribution >= 0.6 is 15.9 Å². The molecule has 36 heavy (non-hydrogen) atoms. The van der Waals surface area contributed by atoms with Gasteiger partial charge in [-0.05, 0) is 102 Å². The van der Waals surface area contributed by atoms with Crippen LogP contribution in [-0.2, 0) is 18.3 Å². The van der Waals surface area contributed by atoms with Crippen molar-refractivity contribution in [2.75, 3.05) is 0 Å². The molecule has 1 atom stereocenters. The first kappa shape index (κ1) is 23.3. The maximum atomic E-state index is 6.28. The Morgan fingerprint density at radius 3 is 2.50 bits per heavy atom. The molecule has 2 heterocycles. The van der Waals surface area contributed by atoms with Crippen LogP contribution in [-0.4, -0.2) is 9.55 Å². The predicted molar refractivity (Wildman–Crippen MR) is 153 cm³/mol. The standard InChI is InChI=1S/C32H31BrN2O/c1-20-8-9-21-16-29-28(15-22(21)14-20)27-11-10-26(36-25-7-5-6-24(33)18-25)19-30(27)35(29)31-17-23(12-13-34-31)32(2,3)4/h5-7,10-13,15-20H,8-9,14H2,1-4H3. The van der Waals surface area contributed by atoms with E-state index in [-0.39, 0.29) is 5.41 Å². The van der Waals surface area contributed by atoms with E-state index in [0.29, 0.717) is 0 Å². The number of pyridine rings is 1. The molecule has 0 fully saturated rings. The van der Waals surface area contributed by atoms with Crippen LogP contribution in [0.5, 0.6) is 11.5 Å². The molecule has 0 aliphatic heterocycles. The monoisotopic (exact) mass is 538 g/mol. The lowest BCUT2D eigenvalue weighted by atomic mass is 9.84. The van der Waals surface area contributed by atoms with Gasteiger partial charge in [0.15, 0.2) is 0 Å². The summed E-state index contributed by atoms with van der Waals surface area (Å²) < 4.78 is 9.61. The molecule has 0 radical (unpaired) electrons. The quantitative estimate of drug-likeness (QED) is 0.229. The zero-order chi connectivity index (χ0) is 25.0. The molecule has 3 nitrogen and oxygen atoms in total. The first-order valence-corrected chi connectivity index (χ1v) is 13.6. The lowest BCUT2D eigenvalue weighted by Gasteiger charge is -2.22. The predicted octanol–water partition coefficient (Wildman–Crippen LogP) is 9.16. The van der Waals surface area contributed by atoms with E-state index in [1.807, 2.05) is 30.5 Å². The van der Waals surface area contributed by atoms with Crippen molar-refractivity contribution in [1.29, 1.82) is 0 Å². The van der Waals surface area contributed by atoms with Crippen LogP contribution in [0.15, 0.2) is 77.4 Å². The highest BCUT2D eigenvalue weighted by atomic mass is 79.9. The topological polar surface area (TPSA) is 27.1 Å². The molecule has 182 valence electrons. The van der Waals surface area contributed by atoms with Gasteiger partial charge in [0.05, 0.1) is 11.0 Å². The first-order valence-electron chi connectivity index (χ1n) is 12.8. The third-order valence-corrected chi connectivity index (χ3v) is 7.90. The summed E-state index contributed by atoms with van der Waals surface area (Å²) in [6, 6.07) is 23.6. The Kier molecular flexibility index (Phi) is 5.68. The zero-order valence-electron chi connectivity index (χ0n) is 21.3. The summed E-state index contributed by atoms with van der Waals surface area (Å²) in [4.78, 5) is 4.86. The van der Waals surface area contributed by atoms with Gasteiger partial charge in [0.2, 0.25) is 0 Å². The fraction of sp³-hybridized carbons (Fsp3) is 0.281. The van der Waals surface area contributed by atoms with Crippen LogP contribution in [0.1, 0.15) is 50.8 Å². The van der Waals surface area contributed by atoms with Crippen LogP contribution in [0, 0.1) is 5.92 Å². The smallest absolute Gasteiger partial charge is 0.137 e. The number of aryl methyl sites for hydroxylation is 1. The van der Waals surface area contributed by atoms with Gasteiger partial charge < -0.3 is 4.74 Å². The van der Waals surface area contributed by atoms with Gasteiger partial charge in [0.25, 0.3) is 0 Å². The number of halogens is 1. The van der Waals surface area contributed by atoms with Gasteiger partial charge in [-0.15, -0.1) is 0 Å². The molecule has 5 aromatic rings. The Hall–Kier alpha value is -3.11. The minimum atomic E-state index is 0.0424. The molecular weight excluding hydrogens is 508 g/mol. The van der Waals surface area contributed by atoms with E-state index in [4.69, 9.17) is 9.72 Å². The van der Waals surface area contributed by atoms with Crippen molar-refractivity contribution >= 4 is 37.7 Å². The Labute approximate surface area is 221 Å². The van der Waals surface area contributed by atoms with Gasteiger partial charge in [0.1, 0.15) is 17.3 Å². The SMILES string of the molecule is CC1CCc2cc3c(cc2C1)c1ccc(Oc2cccc(Br)c2)cc1n3-c1cc(C(C)(C)C)ccn1. The highest BCUT2D eigenvalue weighted by Crippen LogP contribution is 2.39. The van der Waals surface area contributed by atoms with Crippen LogP contribution < -0.4 is 4.74 Å². The maximum absolute atomic E-state index is 6.28. The van der Waals surface area contributed by atoms with Gasteiger partial charge in [-0.3, -0.25) is 4.57 Å². The Morgan fingerprint density at radius 2 is 1.69 bits per heavy atom. The Morgan fingerprint density at radius 1 is 0.889 bits per heavy atom. The Balaban J connectivity index is 1.60. The summed E-state index contributed by atoms with van der Waals surface area (Å²) in [5.74, 6) is 3.31. The third kappa shape index (κ3) is 4.22. The average Bonchev–Trinajstić information content (AvgIpc) is 3.14. The maximum Gasteiger partial charge on any atom is 0.137 e. The summed E-state index contributed by atoms with van der Waals surface area (Å²) in [7, 11) is 0. The molecule has 1 aliphatic carbocycles. The molecule has 1 unspecified atom stereocenters. The van der Waals surface area contributed by atoms with E-state index >= 15 is 0 Å². The second-order valence-corrected chi connectivity index (χ2v) is 12.1. The summed E-state index contributed by atoms with van der Waals surface area (Å²) in [6.07, 6.45) is 5.48. The van der Waals surface area contributed by atoms with Gasteiger partial charge in [-0.2, -0.15) is 0 Å². The van der Waals surface area contributed by atoms with Gasteiger partial charge >= 0.3 is 0 Å². The molecule has 1 aliphatic rings. The van der Waals surface area contributed by atoms with Gasteiger partial charge in [-0.25, -0.2) is 4.98 Å². The molecule has 6 rings (SSSR count). The molecule has 0 N–H and O–H groups in total. The molecule has 4 heteroatoms. The fourth-order valence-corrected chi connectivity index (χ4v) is 5.80. The van der Waals surface area contributed by atoms with Crippen molar-refractivity contribution in [2.45, 2.75) is 52.4 Å².